The predicted octanol–water partition coefficient (Wildman–Crippen LogP) is 6.40. The van der Waals surface area contributed by atoms with Crippen LogP contribution in [0.25, 0.3) is 39.0 Å². The Morgan fingerprint density at radius 3 is 2.24 bits per heavy atom. The SMILES string of the molecule is CN(c1ccccn1)c1ccccc1-c1ccc2c(n1)c1ccccc1n2-c1ccccn1. The van der Waals surface area contributed by atoms with Crippen LogP contribution in [0.4, 0.5) is 11.5 Å². The highest BCUT2D eigenvalue weighted by molar-refractivity contribution is 6.07. The van der Waals surface area contributed by atoms with Crippen molar-refractivity contribution in [2.24, 2.45) is 0 Å². The maximum Gasteiger partial charge on any atom is 0.137 e. The van der Waals surface area contributed by atoms with Gasteiger partial charge < -0.3 is 4.90 Å². The Hall–Kier alpha value is -4.51. The van der Waals surface area contributed by atoms with Crippen LogP contribution in [0, 0.1) is 0 Å². The van der Waals surface area contributed by atoms with Gasteiger partial charge in [-0.2, -0.15) is 0 Å². The van der Waals surface area contributed by atoms with E-state index in [9.17, 15) is 0 Å². The highest BCUT2D eigenvalue weighted by Gasteiger charge is 2.17. The molecule has 0 saturated carbocycles. The Balaban J connectivity index is 1.56. The van der Waals surface area contributed by atoms with Crippen LogP contribution in [-0.2, 0) is 0 Å². The Morgan fingerprint density at radius 2 is 1.42 bits per heavy atom. The molecule has 33 heavy (non-hydrogen) atoms. The molecular weight excluding hydrogens is 406 g/mol. The van der Waals surface area contributed by atoms with Gasteiger partial charge in [0.2, 0.25) is 0 Å². The molecule has 0 unspecified atom stereocenters. The second kappa shape index (κ2) is 7.88. The molecule has 2 aromatic carbocycles. The first-order valence-electron chi connectivity index (χ1n) is 10.9. The van der Waals surface area contributed by atoms with E-state index in [-0.39, 0.29) is 0 Å². The van der Waals surface area contributed by atoms with Crippen LogP contribution >= 0.6 is 0 Å². The molecule has 158 valence electrons. The van der Waals surface area contributed by atoms with Crippen LogP contribution in [0.2, 0.25) is 0 Å². The summed E-state index contributed by atoms with van der Waals surface area (Å²) >= 11 is 0. The maximum atomic E-state index is 5.16. The largest absolute Gasteiger partial charge is 0.329 e. The van der Waals surface area contributed by atoms with E-state index in [0.29, 0.717) is 0 Å². The molecule has 0 spiro atoms. The van der Waals surface area contributed by atoms with Gasteiger partial charge in [-0.25, -0.2) is 15.0 Å². The van der Waals surface area contributed by atoms with Crippen molar-refractivity contribution in [3.8, 4) is 17.1 Å². The molecule has 0 fully saturated rings. The highest BCUT2D eigenvalue weighted by atomic mass is 15.2. The molecule has 0 N–H and O–H groups in total. The number of para-hydroxylation sites is 2. The monoisotopic (exact) mass is 427 g/mol. The first-order valence-corrected chi connectivity index (χ1v) is 10.9. The first-order chi connectivity index (χ1) is 16.3. The summed E-state index contributed by atoms with van der Waals surface area (Å²) in [5.74, 6) is 1.77. The van der Waals surface area contributed by atoms with Gasteiger partial charge in [0, 0.05) is 30.4 Å². The minimum absolute atomic E-state index is 0.883. The van der Waals surface area contributed by atoms with E-state index in [1.54, 1.807) is 0 Å². The topological polar surface area (TPSA) is 46.8 Å². The summed E-state index contributed by atoms with van der Waals surface area (Å²) in [6.07, 6.45) is 3.63. The summed E-state index contributed by atoms with van der Waals surface area (Å²) in [7, 11) is 2.03. The Labute approximate surface area is 191 Å². The molecule has 0 bridgehead atoms. The van der Waals surface area contributed by atoms with Gasteiger partial charge in [0.15, 0.2) is 0 Å². The van der Waals surface area contributed by atoms with E-state index in [2.05, 4.69) is 68.0 Å². The number of nitrogens with zero attached hydrogens (tertiary/aromatic N) is 5. The normalized spacial score (nSPS) is 11.2. The van der Waals surface area contributed by atoms with Gasteiger partial charge in [0.1, 0.15) is 11.6 Å². The lowest BCUT2D eigenvalue weighted by Gasteiger charge is -2.21. The third-order valence-electron chi connectivity index (χ3n) is 5.93. The molecule has 0 aliphatic rings. The minimum atomic E-state index is 0.883. The fraction of sp³-hybridized carbons (Fsp3) is 0.0357. The number of pyridine rings is 3. The second-order valence-corrected chi connectivity index (χ2v) is 7.87. The molecule has 0 aliphatic heterocycles. The van der Waals surface area contributed by atoms with E-state index in [1.807, 2.05) is 68.0 Å². The molecule has 0 radical (unpaired) electrons. The lowest BCUT2D eigenvalue weighted by Crippen LogP contribution is -2.12. The summed E-state index contributed by atoms with van der Waals surface area (Å²) in [6.45, 7) is 0. The van der Waals surface area contributed by atoms with Gasteiger partial charge in [0.25, 0.3) is 0 Å². The van der Waals surface area contributed by atoms with Gasteiger partial charge in [-0.05, 0) is 48.5 Å². The third kappa shape index (κ3) is 3.22. The molecule has 6 aromatic rings. The van der Waals surface area contributed by atoms with Crippen molar-refractivity contribution in [3.63, 3.8) is 0 Å². The first kappa shape index (κ1) is 19.2. The maximum absolute atomic E-state index is 5.16. The number of benzene rings is 2. The van der Waals surface area contributed by atoms with Gasteiger partial charge >= 0.3 is 0 Å². The average Bonchev–Trinajstić information content (AvgIpc) is 3.23. The molecule has 0 amide bonds. The lowest BCUT2D eigenvalue weighted by molar-refractivity contribution is 1.08. The number of hydrogen-bond acceptors (Lipinski definition) is 4. The number of aromatic nitrogens is 4. The van der Waals surface area contributed by atoms with E-state index >= 15 is 0 Å². The Morgan fingerprint density at radius 1 is 0.667 bits per heavy atom. The molecule has 5 heteroatoms. The summed E-state index contributed by atoms with van der Waals surface area (Å²) in [5.41, 5.74) is 6.12. The van der Waals surface area contributed by atoms with Crippen LogP contribution in [0.1, 0.15) is 0 Å². The number of anilines is 2. The zero-order valence-electron chi connectivity index (χ0n) is 18.1. The van der Waals surface area contributed by atoms with Crippen LogP contribution in [0.5, 0.6) is 0 Å². The molecule has 6 rings (SSSR count). The zero-order valence-corrected chi connectivity index (χ0v) is 18.1. The standard InChI is InChI=1S/C28H21N5/c1-32(26-14-6-8-18-29-26)23-12-4-2-10-20(23)22-16-17-25-28(31-22)21-11-3-5-13-24(21)33(25)27-15-7-9-19-30-27/h2-19H,1H3. The molecule has 5 nitrogen and oxygen atoms in total. The van der Waals surface area contributed by atoms with Gasteiger partial charge in [-0.3, -0.25) is 4.57 Å². The van der Waals surface area contributed by atoms with Gasteiger partial charge in [-0.1, -0.05) is 48.5 Å². The number of fused-ring (bicyclic) bond motifs is 3. The smallest absolute Gasteiger partial charge is 0.137 e. The minimum Gasteiger partial charge on any atom is -0.329 e. The summed E-state index contributed by atoms with van der Waals surface area (Å²) in [6, 6.07) is 32.8. The lowest BCUT2D eigenvalue weighted by atomic mass is 10.1. The Bertz CT molecular complexity index is 1570. The molecule has 4 heterocycles. The van der Waals surface area contributed by atoms with Crippen molar-refractivity contribution in [1.82, 2.24) is 19.5 Å². The molecule has 0 atom stereocenters. The van der Waals surface area contributed by atoms with Crippen molar-refractivity contribution in [1.29, 1.82) is 0 Å². The quantitative estimate of drug-likeness (QED) is 0.326. The molecule has 0 saturated heterocycles. The second-order valence-electron chi connectivity index (χ2n) is 7.87. The van der Waals surface area contributed by atoms with Crippen molar-refractivity contribution in [3.05, 3.63) is 109 Å². The Kier molecular flexibility index (Phi) is 4.58. The van der Waals surface area contributed by atoms with Crippen molar-refractivity contribution < 1.29 is 0 Å². The molecule has 4 aromatic heterocycles. The number of rotatable bonds is 4. The van der Waals surface area contributed by atoms with Gasteiger partial charge in [0.05, 0.1) is 27.9 Å². The summed E-state index contributed by atoms with van der Waals surface area (Å²) < 4.78 is 2.17. The molecular formula is C28H21N5. The van der Waals surface area contributed by atoms with E-state index in [0.717, 1.165) is 50.5 Å². The third-order valence-corrected chi connectivity index (χ3v) is 5.93. The van der Waals surface area contributed by atoms with E-state index in [4.69, 9.17) is 4.98 Å². The van der Waals surface area contributed by atoms with Crippen molar-refractivity contribution >= 4 is 33.4 Å². The fourth-order valence-corrected chi connectivity index (χ4v) is 4.37. The average molecular weight is 428 g/mol. The van der Waals surface area contributed by atoms with Gasteiger partial charge in [-0.15, -0.1) is 0 Å². The number of hydrogen-bond donors (Lipinski definition) is 0. The fourth-order valence-electron chi connectivity index (χ4n) is 4.37. The predicted molar refractivity (Wildman–Crippen MR) is 134 cm³/mol. The van der Waals surface area contributed by atoms with Crippen molar-refractivity contribution in [2.75, 3.05) is 11.9 Å². The van der Waals surface area contributed by atoms with Crippen LogP contribution < -0.4 is 4.90 Å². The summed E-state index contributed by atoms with van der Waals surface area (Å²) in [4.78, 5) is 16.4. The zero-order chi connectivity index (χ0) is 22.2. The van der Waals surface area contributed by atoms with Crippen LogP contribution in [-0.4, -0.2) is 26.6 Å². The summed E-state index contributed by atoms with van der Waals surface area (Å²) in [5, 5.41) is 1.11. The molecule has 0 aliphatic carbocycles. The van der Waals surface area contributed by atoms with Crippen LogP contribution in [0.15, 0.2) is 109 Å². The van der Waals surface area contributed by atoms with Crippen molar-refractivity contribution in [2.45, 2.75) is 0 Å². The van der Waals surface area contributed by atoms with E-state index < -0.39 is 0 Å². The highest BCUT2D eigenvalue weighted by Crippen LogP contribution is 2.36. The van der Waals surface area contributed by atoms with E-state index in [1.165, 1.54) is 0 Å². The van der Waals surface area contributed by atoms with Crippen LogP contribution in [0.3, 0.4) is 0 Å².